The van der Waals surface area contributed by atoms with E-state index in [1.165, 1.54) is 12.1 Å². The van der Waals surface area contributed by atoms with Gasteiger partial charge in [-0.15, -0.1) is 0 Å². The summed E-state index contributed by atoms with van der Waals surface area (Å²) in [5.41, 5.74) is 8.11. The molecule has 0 saturated heterocycles. The molecule has 1 aliphatic rings. The van der Waals surface area contributed by atoms with Crippen LogP contribution in [0.25, 0.3) is 11.5 Å². The molecule has 92 valence electrons. The molecular weight excluding hydrogens is 235 g/mol. The summed E-state index contributed by atoms with van der Waals surface area (Å²) < 4.78 is 18.1. The number of nitrogens with zero attached hydrogens (tertiary/aromatic N) is 3. The van der Waals surface area contributed by atoms with Crippen LogP contribution in [0.1, 0.15) is 11.3 Å². The van der Waals surface area contributed by atoms with Crippen molar-refractivity contribution in [2.24, 2.45) is 0 Å². The number of halogens is 1. The normalized spacial score (nSPS) is 14.3. The lowest BCUT2D eigenvalue weighted by atomic mass is 10.1. The number of hydrogen-bond acceptors (Lipinski definition) is 5. The van der Waals surface area contributed by atoms with E-state index in [2.05, 4.69) is 15.0 Å². The minimum absolute atomic E-state index is 0.391. The lowest BCUT2D eigenvalue weighted by Gasteiger charge is -2.17. The molecule has 3 rings (SSSR count). The molecule has 0 amide bonds. The van der Waals surface area contributed by atoms with Crippen LogP contribution in [0.4, 0.5) is 10.2 Å². The van der Waals surface area contributed by atoms with Gasteiger partial charge in [0.2, 0.25) is 0 Å². The van der Waals surface area contributed by atoms with Gasteiger partial charge in [-0.1, -0.05) is 0 Å². The summed E-state index contributed by atoms with van der Waals surface area (Å²) >= 11 is 0. The number of aromatic nitrogens is 3. The average Bonchev–Trinajstić information content (AvgIpc) is 2.39. The number of pyridine rings is 1. The van der Waals surface area contributed by atoms with Crippen molar-refractivity contribution in [1.82, 2.24) is 15.0 Å². The summed E-state index contributed by atoms with van der Waals surface area (Å²) in [6.07, 6.45) is 1.84. The van der Waals surface area contributed by atoms with Crippen LogP contribution >= 0.6 is 0 Å². The molecule has 0 spiro atoms. The Bertz CT molecular complexity index is 585. The van der Waals surface area contributed by atoms with E-state index >= 15 is 0 Å². The zero-order chi connectivity index (χ0) is 12.5. The summed E-state index contributed by atoms with van der Waals surface area (Å²) in [6.45, 7) is 1.07. The molecule has 0 bridgehead atoms. The number of fused-ring (bicyclic) bond motifs is 1. The zero-order valence-electron chi connectivity index (χ0n) is 9.56. The van der Waals surface area contributed by atoms with E-state index in [9.17, 15) is 4.39 Å². The van der Waals surface area contributed by atoms with Crippen molar-refractivity contribution < 1.29 is 9.13 Å². The Labute approximate surface area is 103 Å². The van der Waals surface area contributed by atoms with Crippen molar-refractivity contribution in [2.75, 3.05) is 12.3 Å². The topological polar surface area (TPSA) is 73.9 Å². The van der Waals surface area contributed by atoms with Gasteiger partial charge in [-0.3, -0.25) is 0 Å². The molecule has 2 aromatic rings. The van der Waals surface area contributed by atoms with Crippen LogP contribution in [-0.4, -0.2) is 21.6 Å². The van der Waals surface area contributed by atoms with Crippen LogP contribution in [-0.2, 0) is 17.8 Å². The molecule has 0 unspecified atom stereocenters. The number of anilines is 1. The van der Waals surface area contributed by atoms with Crippen molar-refractivity contribution in [1.29, 1.82) is 0 Å². The van der Waals surface area contributed by atoms with Crippen LogP contribution in [0, 0.1) is 5.82 Å². The van der Waals surface area contributed by atoms with Crippen molar-refractivity contribution in [3.05, 3.63) is 35.4 Å². The third kappa shape index (κ3) is 1.91. The van der Waals surface area contributed by atoms with Crippen LogP contribution < -0.4 is 5.73 Å². The van der Waals surface area contributed by atoms with Gasteiger partial charge in [0.25, 0.3) is 0 Å². The second-order valence-corrected chi connectivity index (χ2v) is 4.02. The number of ether oxygens (including phenoxy) is 1. The third-order valence-electron chi connectivity index (χ3n) is 2.81. The molecule has 0 radical (unpaired) electrons. The van der Waals surface area contributed by atoms with Crippen LogP contribution in [0.3, 0.4) is 0 Å². The second-order valence-electron chi connectivity index (χ2n) is 4.02. The predicted octanol–water partition coefficient (Wildman–Crippen LogP) is 1.33. The first-order chi connectivity index (χ1) is 8.74. The second kappa shape index (κ2) is 4.30. The van der Waals surface area contributed by atoms with Gasteiger partial charge in [0.1, 0.15) is 17.3 Å². The van der Waals surface area contributed by atoms with Gasteiger partial charge in [-0.05, 0) is 12.1 Å². The van der Waals surface area contributed by atoms with E-state index in [4.69, 9.17) is 10.5 Å². The third-order valence-corrected chi connectivity index (χ3v) is 2.81. The maximum absolute atomic E-state index is 12.8. The molecule has 5 nitrogen and oxygen atoms in total. The Morgan fingerprint density at radius 1 is 1.28 bits per heavy atom. The summed E-state index contributed by atoms with van der Waals surface area (Å²) in [5.74, 6) is 0.437. The smallest absolute Gasteiger partial charge is 0.180 e. The molecule has 2 N–H and O–H groups in total. The Morgan fingerprint density at radius 2 is 2.17 bits per heavy atom. The summed E-state index contributed by atoms with van der Waals surface area (Å²) in [5, 5.41) is 0. The number of nitrogen functional groups attached to an aromatic ring is 1. The van der Waals surface area contributed by atoms with Crippen molar-refractivity contribution in [3.8, 4) is 11.5 Å². The fraction of sp³-hybridized carbons (Fsp3) is 0.250. The Balaban J connectivity index is 2.08. The highest BCUT2D eigenvalue weighted by molar-refractivity contribution is 5.55. The predicted molar refractivity (Wildman–Crippen MR) is 63.0 cm³/mol. The molecule has 3 heterocycles. The highest BCUT2D eigenvalue weighted by Gasteiger charge is 2.17. The average molecular weight is 246 g/mol. The fourth-order valence-corrected chi connectivity index (χ4v) is 1.88. The van der Waals surface area contributed by atoms with E-state index in [1.807, 2.05) is 0 Å². The van der Waals surface area contributed by atoms with Crippen LogP contribution in [0.5, 0.6) is 0 Å². The molecule has 1 aliphatic heterocycles. The standard InChI is InChI=1S/C12H11FN4O/c13-7-1-2-10(15-5-7)12-16-9-3-4-18-6-8(9)11(14)17-12/h1-2,5H,3-4,6H2,(H2,14,16,17). The zero-order valence-corrected chi connectivity index (χ0v) is 9.56. The summed E-state index contributed by atoms with van der Waals surface area (Å²) in [6, 6.07) is 2.86. The minimum atomic E-state index is -0.391. The Hall–Kier alpha value is -2.08. The number of hydrogen-bond donors (Lipinski definition) is 1. The first kappa shape index (κ1) is 11.0. The molecule has 18 heavy (non-hydrogen) atoms. The van der Waals surface area contributed by atoms with Gasteiger partial charge < -0.3 is 10.5 Å². The molecule has 0 fully saturated rings. The van der Waals surface area contributed by atoms with E-state index in [1.54, 1.807) is 0 Å². The van der Waals surface area contributed by atoms with Gasteiger partial charge in [0.15, 0.2) is 5.82 Å². The molecule has 0 atom stereocenters. The summed E-state index contributed by atoms with van der Waals surface area (Å²) in [7, 11) is 0. The highest BCUT2D eigenvalue weighted by atomic mass is 19.1. The fourth-order valence-electron chi connectivity index (χ4n) is 1.88. The number of nitrogens with two attached hydrogens (primary N) is 1. The largest absolute Gasteiger partial charge is 0.383 e. The number of rotatable bonds is 1. The van der Waals surface area contributed by atoms with Gasteiger partial charge in [0.05, 0.1) is 25.1 Å². The molecule has 2 aromatic heterocycles. The molecule has 0 saturated carbocycles. The SMILES string of the molecule is Nc1nc(-c2ccc(F)cn2)nc2c1COCC2. The first-order valence-corrected chi connectivity index (χ1v) is 5.59. The molecule has 6 heteroatoms. The lowest BCUT2D eigenvalue weighted by Crippen LogP contribution is -2.16. The molecule has 0 aromatic carbocycles. The van der Waals surface area contributed by atoms with Crippen molar-refractivity contribution in [2.45, 2.75) is 13.0 Å². The van der Waals surface area contributed by atoms with Gasteiger partial charge >= 0.3 is 0 Å². The maximum Gasteiger partial charge on any atom is 0.180 e. The Morgan fingerprint density at radius 3 is 2.94 bits per heavy atom. The minimum Gasteiger partial charge on any atom is -0.383 e. The van der Waals surface area contributed by atoms with E-state index in [0.717, 1.165) is 17.5 Å². The van der Waals surface area contributed by atoms with Crippen molar-refractivity contribution in [3.63, 3.8) is 0 Å². The van der Waals surface area contributed by atoms with Crippen molar-refractivity contribution >= 4 is 5.82 Å². The van der Waals surface area contributed by atoms with E-state index in [0.29, 0.717) is 37.0 Å². The molecule has 0 aliphatic carbocycles. The molecular formula is C12H11FN4O. The maximum atomic E-state index is 12.8. The highest BCUT2D eigenvalue weighted by Crippen LogP contribution is 2.23. The quantitative estimate of drug-likeness (QED) is 0.821. The first-order valence-electron chi connectivity index (χ1n) is 5.59. The van der Waals surface area contributed by atoms with E-state index in [-0.39, 0.29) is 0 Å². The van der Waals surface area contributed by atoms with E-state index < -0.39 is 5.82 Å². The van der Waals surface area contributed by atoms with Crippen LogP contribution in [0.2, 0.25) is 0 Å². The summed E-state index contributed by atoms with van der Waals surface area (Å²) in [4.78, 5) is 12.6. The monoisotopic (exact) mass is 246 g/mol. The van der Waals surface area contributed by atoms with Crippen LogP contribution in [0.15, 0.2) is 18.3 Å². The lowest BCUT2D eigenvalue weighted by molar-refractivity contribution is 0.109. The Kier molecular flexibility index (Phi) is 2.64. The van der Waals surface area contributed by atoms with Gasteiger partial charge in [-0.25, -0.2) is 19.3 Å². The van der Waals surface area contributed by atoms with Gasteiger partial charge in [0, 0.05) is 12.0 Å². The van der Waals surface area contributed by atoms with Gasteiger partial charge in [-0.2, -0.15) is 0 Å².